The van der Waals surface area contributed by atoms with Crippen molar-refractivity contribution in [3.05, 3.63) is 188 Å². The number of allylic oxidation sites excluding steroid dienone is 4. The number of benzene rings is 5. The van der Waals surface area contributed by atoms with Gasteiger partial charge in [-0.25, -0.2) is 0 Å². The van der Waals surface area contributed by atoms with Crippen molar-refractivity contribution in [1.29, 1.82) is 0 Å². The van der Waals surface area contributed by atoms with E-state index in [2.05, 4.69) is 153 Å². The molecule has 2 aliphatic carbocycles. The maximum Gasteiger partial charge on any atom is -1.00 e. The molecule has 0 amide bonds. The number of hydrogen-bond acceptors (Lipinski definition) is 0. The molecule has 0 saturated carbocycles. The fourth-order valence-corrected chi connectivity index (χ4v) is 16.1. The molecule has 0 nitrogen and oxygen atoms in total. The van der Waals surface area contributed by atoms with E-state index in [-0.39, 0.29) is 24.8 Å². The molecule has 0 N–H and O–H groups in total. The predicted molar refractivity (Wildman–Crippen MR) is 165 cm³/mol. The second-order valence-corrected chi connectivity index (χ2v) is 17.2. The second kappa shape index (κ2) is 13.5. The van der Waals surface area contributed by atoms with Gasteiger partial charge in [-0.15, -0.1) is 0 Å². The van der Waals surface area contributed by atoms with Crippen LogP contribution in [0.5, 0.6) is 0 Å². The van der Waals surface area contributed by atoms with Gasteiger partial charge in [0.05, 0.1) is 0 Å². The van der Waals surface area contributed by atoms with Gasteiger partial charge in [-0.3, -0.25) is 0 Å². The quantitative estimate of drug-likeness (QED) is 0.262. The maximum absolute atomic E-state index is 2.68. The summed E-state index contributed by atoms with van der Waals surface area (Å²) in [6, 6.07) is 51.9. The summed E-state index contributed by atoms with van der Waals surface area (Å²) in [6.45, 7) is 2.34. The van der Waals surface area contributed by atoms with Gasteiger partial charge in [-0.2, -0.15) is 0 Å². The molecule has 0 aromatic heterocycles. The molecular weight excluding hydrogens is 631 g/mol. The van der Waals surface area contributed by atoms with Gasteiger partial charge in [-0.05, 0) is 0 Å². The van der Waals surface area contributed by atoms with Crippen molar-refractivity contribution in [2.45, 2.75) is 23.4 Å². The van der Waals surface area contributed by atoms with Crippen LogP contribution < -0.4 is 24.8 Å². The second-order valence-electron chi connectivity index (χ2n) is 10.9. The third-order valence-corrected chi connectivity index (χ3v) is 16.7. The first-order chi connectivity index (χ1) is 19.8. The molecule has 0 unspecified atom stereocenters. The van der Waals surface area contributed by atoms with E-state index in [1.165, 1.54) is 44.5 Å². The van der Waals surface area contributed by atoms with Gasteiger partial charge in [-0.1, -0.05) is 0 Å². The zero-order valence-electron chi connectivity index (χ0n) is 23.6. The number of fused-ring (bicyclic) bond motifs is 3. The molecule has 0 saturated heterocycles. The van der Waals surface area contributed by atoms with Crippen LogP contribution in [0.1, 0.15) is 44.8 Å². The van der Waals surface area contributed by atoms with Crippen molar-refractivity contribution in [3.8, 4) is 11.1 Å². The third kappa shape index (κ3) is 5.76. The predicted octanol–water partition coefficient (Wildman–Crippen LogP) is 3.50. The fourth-order valence-electron chi connectivity index (χ4n) is 6.65. The molecule has 42 heavy (non-hydrogen) atoms. The summed E-state index contributed by atoms with van der Waals surface area (Å²) >= 11 is -2.68. The summed E-state index contributed by atoms with van der Waals surface area (Å²) in [6.07, 6.45) is 4.73. The minimum atomic E-state index is -2.68. The molecule has 0 bridgehead atoms. The van der Waals surface area contributed by atoms with Crippen molar-refractivity contribution >= 4 is 3.21 Å². The van der Waals surface area contributed by atoms with E-state index in [0.717, 1.165) is 12.8 Å². The van der Waals surface area contributed by atoms with Crippen LogP contribution in [0.2, 0.25) is 0 Å². The molecular formula is C39H32Cl2Zr. The molecule has 3 heteroatoms. The number of rotatable bonds is 6. The Morgan fingerprint density at radius 2 is 1.05 bits per heavy atom. The first-order valence-corrected chi connectivity index (χ1v) is 18.1. The van der Waals surface area contributed by atoms with Gasteiger partial charge in [0, 0.05) is 0 Å². The summed E-state index contributed by atoms with van der Waals surface area (Å²) < 4.78 is 3.77. The molecule has 0 spiro atoms. The van der Waals surface area contributed by atoms with E-state index < -0.39 is 21.3 Å². The van der Waals surface area contributed by atoms with Crippen LogP contribution in [0, 0.1) is 0 Å². The smallest absolute Gasteiger partial charge is 1.00 e. The first kappa shape index (κ1) is 30.4. The van der Waals surface area contributed by atoms with E-state index in [4.69, 9.17) is 0 Å². The number of hydrogen-bond donors (Lipinski definition) is 0. The van der Waals surface area contributed by atoms with Crippen LogP contribution >= 0.6 is 0 Å². The van der Waals surface area contributed by atoms with Crippen LogP contribution in [-0.2, 0) is 27.7 Å². The fraction of sp³-hybridized carbons (Fsp3) is 0.103. The van der Waals surface area contributed by atoms with E-state index in [1.807, 2.05) is 0 Å². The Hall–Kier alpha value is -3.09. The van der Waals surface area contributed by atoms with Crippen molar-refractivity contribution in [2.75, 3.05) is 0 Å². The average molecular weight is 663 g/mol. The van der Waals surface area contributed by atoms with E-state index in [0.29, 0.717) is 3.63 Å². The van der Waals surface area contributed by atoms with Crippen LogP contribution in [0.25, 0.3) is 11.1 Å². The van der Waals surface area contributed by atoms with Crippen LogP contribution in [0.3, 0.4) is 0 Å². The Kier molecular flexibility index (Phi) is 9.75. The zero-order valence-corrected chi connectivity index (χ0v) is 27.6. The van der Waals surface area contributed by atoms with Crippen LogP contribution in [-0.4, -0.2) is 3.21 Å². The van der Waals surface area contributed by atoms with Crippen LogP contribution in [0.4, 0.5) is 0 Å². The summed E-state index contributed by atoms with van der Waals surface area (Å²) in [4.78, 5) is 0. The summed E-state index contributed by atoms with van der Waals surface area (Å²) in [7, 11) is 0. The SMILES string of the molecule is CC1=C(Cc2ccccc2)C[C]([Zr+2](=[C](c2ccccc2)c2ccccc2)[CH]2c3ccccc3-c3ccccc32)=C1.[Cl-].[Cl-]. The molecule has 0 heterocycles. The molecule has 5 aromatic carbocycles. The summed E-state index contributed by atoms with van der Waals surface area (Å²) in [5, 5.41) is 0. The zero-order chi connectivity index (χ0) is 26.9. The minimum absolute atomic E-state index is 0. The Morgan fingerprint density at radius 3 is 1.57 bits per heavy atom. The topological polar surface area (TPSA) is 0 Å². The average Bonchev–Trinajstić information content (AvgIpc) is 3.54. The molecule has 2 aliphatic rings. The van der Waals surface area contributed by atoms with Gasteiger partial charge in [0.25, 0.3) is 0 Å². The molecule has 0 fully saturated rings. The Morgan fingerprint density at radius 1 is 0.595 bits per heavy atom. The van der Waals surface area contributed by atoms with E-state index in [1.54, 1.807) is 12.1 Å². The molecule has 0 aliphatic heterocycles. The molecule has 206 valence electrons. The first-order valence-electron chi connectivity index (χ1n) is 14.2. The molecule has 0 atom stereocenters. The Bertz CT molecular complexity index is 1700. The van der Waals surface area contributed by atoms with E-state index in [9.17, 15) is 0 Å². The largest absolute Gasteiger partial charge is 1.00 e. The normalized spacial score (nSPS) is 13.2. The van der Waals surface area contributed by atoms with Gasteiger partial charge >= 0.3 is 247 Å². The monoisotopic (exact) mass is 660 g/mol. The van der Waals surface area contributed by atoms with Crippen molar-refractivity contribution in [3.63, 3.8) is 0 Å². The van der Waals surface area contributed by atoms with Crippen molar-refractivity contribution < 1.29 is 46.1 Å². The van der Waals surface area contributed by atoms with Gasteiger partial charge < -0.3 is 24.8 Å². The van der Waals surface area contributed by atoms with Crippen molar-refractivity contribution in [2.24, 2.45) is 0 Å². The minimum Gasteiger partial charge on any atom is -1.00 e. The Labute approximate surface area is 269 Å². The summed E-state index contributed by atoms with van der Waals surface area (Å²) in [5.41, 5.74) is 13.1. The maximum atomic E-state index is 2.60. The Balaban J connectivity index is 0.00000176. The summed E-state index contributed by atoms with van der Waals surface area (Å²) in [5.74, 6) is 0. The third-order valence-electron chi connectivity index (χ3n) is 8.48. The number of halogens is 2. The van der Waals surface area contributed by atoms with Crippen molar-refractivity contribution in [1.82, 2.24) is 0 Å². The molecule has 0 radical (unpaired) electrons. The van der Waals surface area contributed by atoms with Gasteiger partial charge in [0.2, 0.25) is 0 Å². The molecule has 5 aromatic rings. The van der Waals surface area contributed by atoms with Crippen LogP contribution in [0.15, 0.2) is 160 Å². The van der Waals surface area contributed by atoms with Gasteiger partial charge in [0.15, 0.2) is 0 Å². The van der Waals surface area contributed by atoms with Gasteiger partial charge in [0.1, 0.15) is 0 Å². The molecule has 7 rings (SSSR count). The standard InChI is InChI=1S/C13H9.C13H13.C13H10.2ClH.Zr/c1-3-7-12-10(5-1)9-11-6-2-4-8-13(11)12;1-11-6-5-9-13(11)10-12-7-3-2-4-8-12;1-3-7-12(8-4-1)11-13-9-5-2-6-10-13;;;/h1-9H;2-4,6-8H,9-10H2,1H3;1-10H;2*1H;/q;;;;;+2/p-2. The van der Waals surface area contributed by atoms with E-state index >= 15 is 0 Å².